The number of aliphatic hydroxyl groups is 1. The molecule has 0 aliphatic heterocycles. The summed E-state index contributed by atoms with van der Waals surface area (Å²) in [7, 11) is 0. The van der Waals surface area contributed by atoms with Crippen LogP contribution in [0.2, 0.25) is 0 Å². The molecule has 0 heterocycles. The van der Waals surface area contributed by atoms with Crippen LogP contribution in [-0.2, 0) is 4.79 Å². The molecule has 1 rings (SSSR count). The van der Waals surface area contributed by atoms with Gasteiger partial charge in [0.25, 0.3) is 0 Å². The molecule has 0 aliphatic carbocycles. The monoisotopic (exact) mass is 217 g/mol. The average Bonchev–Trinajstić information content (AvgIpc) is 2.33. The van der Waals surface area contributed by atoms with E-state index in [4.69, 9.17) is 16.3 Å². The summed E-state index contributed by atoms with van der Waals surface area (Å²) in [6, 6.07) is -5.74. The minimum absolute atomic E-state index is 0.819. The molecule has 1 aromatic rings. The second-order valence-corrected chi connectivity index (χ2v) is 2.65. The predicted octanol–water partition coefficient (Wildman–Crippen LogP) is -0.457. The number of rotatable bonds is 3. The summed E-state index contributed by atoms with van der Waals surface area (Å²) in [5, 5.41) is 37.0. The Balaban J connectivity index is 3.57. The molecule has 15 heavy (non-hydrogen) atoms. The van der Waals surface area contributed by atoms with Crippen molar-refractivity contribution in [1.29, 1.82) is 0 Å². The van der Waals surface area contributed by atoms with E-state index in [9.17, 15) is 20.1 Å². The van der Waals surface area contributed by atoms with Crippen LogP contribution in [0.4, 0.5) is 0 Å². The van der Waals surface area contributed by atoms with Crippen molar-refractivity contribution in [3.05, 3.63) is 23.7 Å². The van der Waals surface area contributed by atoms with E-state index in [1.165, 1.54) is 0 Å². The summed E-state index contributed by atoms with van der Waals surface area (Å²) in [6.07, 6.45) is -2.33. The molecule has 0 radical (unpaired) electrons. The first-order valence-electron chi connectivity index (χ1n) is 5.75. The number of benzene rings is 1. The van der Waals surface area contributed by atoms with Gasteiger partial charge in [0.05, 0.1) is 5.48 Å². The van der Waals surface area contributed by atoms with E-state index in [1.54, 1.807) is 0 Å². The largest absolute Gasteiger partial charge is 0.504 e. The molecule has 0 saturated heterocycles. The van der Waals surface area contributed by atoms with E-state index in [2.05, 4.69) is 0 Å². The van der Waals surface area contributed by atoms with Gasteiger partial charge in [0.15, 0.2) is 11.5 Å². The molecule has 0 amide bonds. The Kier molecular flexibility index (Phi) is 1.84. The highest BCUT2D eigenvalue weighted by Gasteiger charge is 2.24. The van der Waals surface area contributed by atoms with Gasteiger partial charge in [-0.3, -0.25) is 4.79 Å². The Morgan fingerprint density at radius 1 is 1.47 bits per heavy atom. The minimum Gasteiger partial charge on any atom is -0.504 e. The molecule has 0 bridgehead atoms. The third-order valence-corrected chi connectivity index (χ3v) is 1.61. The van der Waals surface area contributed by atoms with Crippen LogP contribution >= 0.6 is 0 Å². The lowest BCUT2D eigenvalue weighted by molar-refractivity contribution is -0.141. The number of aromatic hydroxyl groups is 2. The van der Waals surface area contributed by atoms with Gasteiger partial charge in [0.1, 0.15) is 12.1 Å². The van der Waals surface area contributed by atoms with E-state index < -0.39 is 53.3 Å². The molecule has 1 aromatic carbocycles. The summed E-state index contributed by atoms with van der Waals surface area (Å²) >= 11 is 0. The van der Waals surface area contributed by atoms with Crippen LogP contribution in [0.5, 0.6) is 11.5 Å². The standard InChI is InChI=1S/C9H11NO5/c10-7(9(14)15)8(13)4-1-2-5(11)6(12)3-4/h1-3,7-8,11-13H,10H2,(H,14,15)/t7-,8+/m1/s1/i1D,2D,3D,7D. The zero-order valence-corrected chi connectivity index (χ0v) is 7.35. The number of hydrogen-bond acceptors (Lipinski definition) is 5. The average molecular weight is 217 g/mol. The SMILES string of the molecule is [2H]c1c([2H])c([C@H](O)[C@@]([2H])(N)C(=O)O)c([2H])c(O)c1O. The fourth-order valence-electron chi connectivity index (χ4n) is 0.813. The number of phenolic OH excluding ortho intramolecular Hbond substituents is 2. The highest BCUT2D eigenvalue weighted by atomic mass is 16.4. The highest BCUT2D eigenvalue weighted by molar-refractivity contribution is 5.74. The van der Waals surface area contributed by atoms with Gasteiger partial charge in [-0.2, -0.15) is 0 Å². The smallest absolute Gasteiger partial charge is 0.323 e. The summed E-state index contributed by atoms with van der Waals surface area (Å²) in [4.78, 5) is 10.7. The molecule has 0 aliphatic rings. The lowest BCUT2D eigenvalue weighted by Crippen LogP contribution is -2.36. The third-order valence-electron chi connectivity index (χ3n) is 1.61. The molecule has 82 valence electrons. The topological polar surface area (TPSA) is 124 Å². The Bertz CT molecular complexity index is 519. The van der Waals surface area contributed by atoms with Gasteiger partial charge >= 0.3 is 5.97 Å². The summed E-state index contributed by atoms with van der Waals surface area (Å²) in [5.74, 6) is -4.07. The molecule has 0 spiro atoms. The highest BCUT2D eigenvalue weighted by Crippen LogP contribution is 2.28. The summed E-state index contributed by atoms with van der Waals surface area (Å²) in [6.45, 7) is 0. The number of aliphatic carboxylic acids is 1. The zero-order valence-electron chi connectivity index (χ0n) is 11.4. The Morgan fingerprint density at radius 2 is 2.07 bits per heavy atom. The van der Waals surface area contributed by atoms with E-state index in [0.717, 1.165) is 0 Å². The number of carboxylic acid groups (broad SMARTS) is 1. The van der Waals surface area contributed by atoms with Crippen molar-refractivity contribution in [3.8, 4) is 11.5 Å². The molecule has 6 heteroatoms. The van der Waals surface area contributed by atoms with Crippen LogP contribution in [0.25, 0.3) is 0 Å². The Labute approximate surface area is 90.8 Å². The molecule has 0 fully saturated rings. The second kappa shape index (κ2) is 4.16. The fourth-order valence-corrected chi connectivity index (χ4v) is 0.813. The molecular weight excluding hydrogens is 202 g/mol. The van der Waals surface area contributed by atoms with Crippen molar-refractivity contribution in [2.45, 2.75) is 12.1 Å². The molecular formula is C9H11NO5. The van der Waals surface area contributed by atoms with Crippen LogP contribution in [0.1, 0.15) is 17.2 Å². The quantitative estimate of drug-likeness (QED) is 0.436. The molecule has 2 atom stereocenters. The second-order valence-electron chi connectivity index (χ2n) is 2.65. The fraction of sp³-hybridized carbons (Fsp3) is 0.222. The predicted molar refractivity (Wildman–Crippen MR) is 50.3 cm³/mol. The van der Waals surface area contributed by atoms with E-state index in [0.29, 0.717) is 0 Å². The van der Waals surface area contributed by atoms with Gasteiger partial charge in [-0.25, -0.2) is 0 Å². The number of hydrogen-bond donors (Lipinski definition) is 5. The van der Waals surface area contributed by atoms with Crippen molar-refractivity contribution >= 4 is 5.97 Å². The van der Waals surface area contributed by atoms with Crippen molar-refractivity contribution in [2.75, 3.05) is 0 Å². The van der Waals surface area contributed by atoms with Gasteiger partial charge in [0, 0.05) is 0 Å². The lowest BCUT2D eigenvalue weighted by atomic mass is 10.0. The van der Waals surface area contributed by atoms with Crippen LogP contribution in [0.3, 0.4) is 0 Å². The molecule has 0 unspecified atom stereocenters. The maximum atomic E-state index is 10.7. The minimum atomic E-state index is -2.97. The number of aliphatic hydroxyl groups excluding tert-OH is 1. The van der Waals surface area contributed by atoms with Gasteiger partial charge in [-0.15, -0.1) is 0 Å². The normalized spacial score (nSPS) is 20.4. The Hall–Kier alpha value is -1.79. The van der Waals surface area contributed by atoms with Gasteiger partial charge < -0.3 is 26.2 Å². The van der Waals surface area contributed by atoms with Gasteiger partial charge in [0.2, 0.25) is 0 Å². The number of nitrogens with two attached hydrogens (primary N) is 1. The van der Waals surface area contributed by atoms with Crippen LogP contribution in [0, 0.1) is 0 Å². The van der Waals surface area contributed by atoms with Crippen molar-refractivity contribution in [1.82, 2.24) is 0 Å². The molecule has 6 N–H and O–H groups in total. The number of carbonyl (C=O) groups is 1. The van der Waals surface area contributed by atoms with Crippen molar-refractivity contribution in [3.63, 3.8) is 0 Å². The third kappa shape index (κ3) is 2.36. The van der Waals surface area contributed by atoms with Crippen molar-refractivity contribution < 1.29 is 30.7 Å². The van der Waals surface area contributed by atoms with Crippen molar-refractivity contribution in [2.24, 2.45) is 5.73 Å². The summed E-state index contributed by atoms with van der Waals surface area (Å²) in [5.41, 5.74) is 4.24. The molecule has 0 saturated carbocycles. The van der Waals surface area contributed by atoms with Gasteiger partial charge in [-0.1, -0.05) is 6.04 Å². The zero-order chi connectivity index (χ0) is 15.1. The maximum absolute atomic E-state index is 10.7. The number of phenols is 2. The molecule has 0 aromatic heterocycles. The molecule has 6 nitrogen and oxygen atoms in total. The van der Waals surface area contributed by atoms with E-state index in [1.807, 2.05) is 0 Å². The number of carboxylic acids is 1. The lowest BCUT2D eigenvalue weighted by Gasteiger charge is -2.15. The van der Waals surface area contributed by atoms with Crippen LogP contribution < -0.4 is 5.73 Å². The van der Waals surface area contributed by atoms with Gasteiger partial charge in [-0.05, 0) is 17.6 Å². The van der Waals surface area contributed by atoms with Crippen LogP contribution in [0.15, 0.2) is 18.1 Å². The first-order chi connectivity index (χ1) is 8.53. The summed E-state index contributed by atoms with van der Waals surface area (Å²) < 4.78 is 29.4. The van der Waals surface area contributed by atoms with E-state index >= 15 is 0 Å². The van der Waals surface area contributed by atoms with E-state index in [-0.39, 0.29) is 0 Å². The maximum Gasteiger partial charge on any atom is 0.323 e. The van der Waals surface area contributed by atoms with Crippen LogP contribution in [-0.4, -0.2) is 32.4 Å². The first kappa shape index (κ1) is 6.65. The first-order valence-corrected chi connectivity index (χ1v) is 3.75. The Morgan fingerprint density at radius 3 is 2.60 bits per heavy atom.